The van der Waals surface area contributed by atoms with E-state index in [1.54, 1.807) is 42.5 Å². The molecule has 3 aromatic rings. The summed E-state index contributed by atoms with van der Waals surface area (Å²) in [6.45, 7) is 0. The molecule has 0 radical (unpaired) electrons. The summed E-state index contributed by atoms with van der Waals surface area (Å²) in [6.07, 6.45) is 1.33. The Hall–Kier alpha value is -3.15. The number of hydrogen-bond acceptors (Lipinski definition) is 5. The van der Waals surface area contributed by atoms with Crippen LogP contribution in [0, 0.1) is 0 Å². The maximum absolute atomic E-state index is 12.2. The van der Waals surface area contributed by atoms with Crippen LogP contribution in [0.15, 0.2) is 53.3 Å². The average Bonchev–Trinajstić information content (AvgIpc) is 3.01. The number of nitrogens with one attached hydrogen (secondary N) is 1. The number of carbonyl (C=O) groups is 2. The number of amides is 1. The molecule has 3 rings (SSSR count). The largest absolute Gasteiger partial charge is 0.465 e. The average molecular weight is 296 g/mol. The van der Waals surface area contributed by atoms with Gasteiger partial charge >= 0.3 is 5.97 Å². The van der Waals surface area contributed by atoms with Crippen LogP contribution in [0.2, 0.25) is 0 Å². The van der Waals surface area contributed by atoms with Gasteiger partial charge in [-0.1, -0.05) is 6.07 Å². The lowest BCUT2D eigenvalue weighted by molar-refractivity contribution is 0.0600. The van der Waals surface area contributed by atoms with Gasteiger partial charge in [-0.3, -0.25) is 4.79 Å². The van der Waals surface area contributed by atoms with E-state index in [-0.39, 0.29) is 5.91 Å². The number of rotatable bonds is 3. The summed E-state index contributed by atoms with van der Waals surface area (Å²) in [5.41, 5.74) is 2.53. The van der Waals surface area contributed by atoms with Crippen LogP contribution >= 0.6 is 0 Å². The minimum Gasteiger partial charge on any atom is -0.465 e. The minimum atomic E-state index is -0.459. The lowest BCUT2D eigenvalue weighted by Gasteiger charge is -2.06. The normalized spacial score (nSPS) is 10.4. The molecule has 0 saturated heterocycles. The Kier molecular flexibility index (Phi) is 3.57. The van der Waals surface area contributed by atoms with Crippen LogP contribution in [0.5, 0.6) is 0 Å². The van der Waals surface area contributed by atoms with Crippen LogP contribution in [0.25, 0.3) is 11.1 Å². The Bertz CT molecular complexity index is 854. The summed E-state index contributed by atoms with van der Waals surface area (Å²) >= 11 is 0. The second kappa shape index (κ2) is 5.69. The highest BCUT2D eigenvalue weighted by Crippen LogP contribution is 2.17. The Morgan fingerprint density at radius 2 is 2.00 bits per heavy atom. The van der Waals surface area contributed by atoms with Crippen molar-refractivity contribution in [3.05, 3.63) is 60.0 Å². The van der Waals surface area contributed by atoms with E-state index in [2.05, 4.69) is 15.0 Å². The molecule has 1 N–H and O–H groups in total. The molecular weight excluding hydrogens is 284 g/mol. The first-order chi connectivity index (χ1) is 10.7. The number of oxazole rings is 1. The molecule has 0 spiro atoms. The van der Waals surface area contributed by atoms with Gasteiger partial charge in [-0.25, -0.2) is 9.78 Å². The van der Waals surface area contributed by atoms with E-state index in [1.807, 2.05) is 0 Å². The smallest absolute Gasteiger partial charge is 0.337 e. The van der Waals surface area contributed by atoms with Crippen molar-refractivity contribution >= 4 is 28.7 Å². The number of carbonyl (C=O) groups excluding carboxylic acids is 2. The standard InChI is InChI=1S/C16H12N2O4/c1-21-16(20)11-3-2-4-12(7-11)18-15(19)10-5-6-13-14(8-10)22-9-17-13/h2-9H,1H3,(H,18,19). The van der Waals surface area contributed by atoms with Gasteiger partial charge in [0, 0.05) is 11.3 Å². The molecule has 0 unspecified atom stereocenters. The Labute approximate surface area is 125 Å². The zero-order valence-electron chi connectivity index (χ0n) is 11.7. The summed E-state index contributed by atoms with van der Waals surface area (Å²) in [4.78, 5) is 27.7. The summed E-state index contributed by atoms with van der Waals surface area (Å²) in [6, 6.07) is 11.5. The van der Waals surface area contributed by atoms with Crippen LogP contribution in [-0.4, -0.2) is 24.0 Å². The monoisotopic (exact) mass is 296 g/mol. The van der Waals surface area contributed by atoms with Crippen molar-refractivity contribution in [2.75, 3.05) is 12.4 Å². The van der Waals surface area contributed by atoms with Gasteiger partial charge in [-0.15, -0.1) is 0 Å². The number of hydrogen-bond donors (Lipinski definition) is 1. The van der Waals surface area contributed by atoms with Crippen molar-refractivity contribution in [2.24, 2.45) is 0 Å². The van der Waals surface area contributed by atoms with E-state index in [9.17, 15) is 9.59 Å². The van der Waals surface area contributed by atoms with Crippen molar-refractivity contribution in [1.82, 2.24) is 4.98 Å². The third kappa shape index (κ3) is 2.67. The highest BCUT2D eigenvalue weighted by atomic mass is 16.5. The molecule has 6 nitrogen and oxygen atoms in total. The van der Waals surface area contributed by atoms with Gasteiger partial charge in [-0.2, -0.15) is 0 Å². The Balaban J connectivity index is 1.83. The quantitative estimate of drug-likeness (QED) is 0.751. The molecule has 0 atom stereocenters. The number of methoxy groups -OCH3 is 1. The van der Waals surface area contributed by atoms with Crippen LogP contribution in [-0.2, 0) is 4.74 Å². The van der Waals surface area contributed by atoms with Gasteiger partial charge in [0.2, 0.25) is 0 Å². The third-order valence-electron chi connectivity index (χ3n) is 3.13. The second-order valence-electron chi connectivity index (χ2n) is 4.56. The predicted molar refractivity (Wildman–Crippen MR) is 79.7 cm³/mol. The van der Waals surface area contributed by atoms with Gasteiger partial charge in [0.1, 0.15) is 5.52 Å². The third-order valence-corrected chi connectivity index (χ3v) is 3.13. The first kappa shape index (κ1) is 13.8. The van der Waals surface area contributed by atoms with Crippen molar-refractivity contribution in [1.29, 1.82) is 0 Å². The van der Waals surface area contributed by atoms with Gasteiger partial charge in [0.25, 0.3) is 5.91 Å². The van der Waals surface area contributed by atoms with Crippen LogP contribution in [0.4, 0.5) is 5.69 Å². The van der Waals surface area contributed by atoms with Gasteiger partial charge < -0.3 is 14.5 Å². The Morgan fingerprint density at radius 3 is 2.82 bits per heavy atom. The summed E-state index contributed by atoms with van der Waals surface area (Å²) in [7, 11) is 1.31. The molecule has 1 aromatic heterocycles. The Morgan fingerprint density at radius 1 is 1.14 bits per heavy atom. The summed E-state index contributed by atoms with van der Waals surface area (Å²) in [5, 5.41) is 2.73. The van der Waals surface area contributed by atoms with Crippen molar-refractivity contribution in [2.45, 2.75) is 0 Å². The number of fused-ring (bicyclic) bond motifs is 1. The number of nitrogens with zero attached hydrogens (tertiary/aromatic N) is 1. The van der Waals surface area contributed by atoms with Gasteiger partial charge in [-0.05, 0) is 36.4 Å². The van der Waals surface area contributed by atoms with Crippen LogP contribution in [0.1, 0.15) is 20.7 Å². The first-order valence-electron chi connectivity index (χ1n) is 6.50. The zero-order valence-corrected chi connectivity index (χ0v) is 11.7. The van der Waals surface area contributed by atoms with Gasteiger partial charge in [0.15, 0.2) is 12.0 Å². The van der Waals surface area contributed by atoms with E-state index in [0.717, 1.165) is 0 Å². The fourth-order valence-corrected chi connectivity index (χ4v) is 2.04. The van der Waals surface area contributed by atoms with Crippen molar-refractivity contribution in [3.63, 3.8) is 0 Å². The van der Waals surface area contributed by atoms with Gasteiger partial charge in [0.05, 0.1) is 12.7 Å². The predicted octanol–water partition coefficient (Wildman–Crippen LogP) is 2.87. The van der Waals surface area contributed by atoms with Crippen LogP contribution < -0.4 is 5.32 Å². The van der Waals surface area contributed by atoms with Crippen molar-refractivity contribution < 1.29 is 18.7 Å². The molecule has 6 heteroatoms. The summed E-state index contributed by atoms with van der Waals surface area (Å²) < 4.78 is 9.82. The first-order valence-corrected chi connectivity index (χ1v) is 6.50. The molecule has 0 aliphatic carbocycles. The van der Waals surface area contributed by atoms with E-state index >= 15 is 0 Å². The lowest BCUT2D eigenvalue weighted by Crippen LogP contribution is -2.12. The molecule has 22 heavy (non-hydrogen) atoms. The summed E-state index contributed by atoms with van der Waals surface area (Å²) in [5.74, 6) is -0.764. The maximum Gasteiger partial charge on any atom is 0.337 e. The topological polar surface area (TPSA) is 81.4 Å². The SMILES string of the molecule is COC(=O)c1cccc(NC(=O)c2ccc3ncoc3c2)c1. The molecule has 1 heterocycles. The molecule has 0 aliphatic rings. The van der Waals surface area contributed by atoms with Crippen molar-refractivity contribution in [3.8, 4) is 0 Å². The molecule has 0 aliphatic heterocycles. The fraction of sp³-hybridized carbons (Fsp3) is 0.0625. The van der Waals surface area contributed by atoms with E-state index in [0.29, 0.717) is 27.9 Å². The molecule has 2 aromatic carbocycles. The number of benzene rings is 2. The molecule has 0 saturated carbocycles. The van der Waals surface area contributed by atoms with E-state index in [1.165, 1.54) is 13.5 Å². The van der Waals surface area contributed by atoms with Crippen LogP contribution in [0.3, 0.4) is 0 Å². The maximum atomic E-state index is 12.2. The number of aromatic nitrogens is 1. The van der Waals surface area contributed by atoms with E-state index < -0.39 is 5.97 Å². The molecule has 0 bridgehead atoms. The highest BCUT2D eigenvalue weighted by Gasteiger charge is 2.11. The number of anilines is 1. The van der Waals surface area contributed by atoms with E-state index in [4.69, 9.17) is 4.42 Å². The molecule has 110 valence electrons. The highest BCUT2D eigenvalue weighted by molar-refractivity contribution is 6.06. The zero-order chi connectivity index (χ0) is 15.5. The molecular formula is C16H12N2O4. The minimum absolute atomic E-state index is 0.305. The lowest BCUT2D eigenvalue weighted by atomic mass is 10.1. The number of esters is 1. The second-order valence-corrected chi connectivity index (χ2v) is 4.56. The fourth-order valence-electron chi connectivity index (χ4n) is 2.04. The molecule has 0 fully saturated rings. The number of ether oxygens (including phenoxy) is 1. The molecule has 1 amide bonds.